The summed E-state index contributed by atoms with van der Waals surface area (Å²) in [5.74, 6) is 1.31. The van der Waals surface area contributed by atoms with E-state index in [1.54, 1.807) is 6.20 Å². The number of hydrogen-bond donors (Lipinski definition) is 1. The van der Waals surface area contributed by atoms with E-state index in [0.29, 0.717) is 5.92 Å². The van der Waals surface area contributed by atoms with Crippen LogP contribution in [0.3, 0.4) is 0 Å². The maximum Gasteiger partial charge on any atom is 0.138 e. The minimum Gasteiger partial charge on any atom is -0.489 e. The number of pyridine rings is 1. The van der Waals surface area contributed by atoms with Crippen molar-refractivity contribution in [3.05, 3.63) is 24.0 Å². The lowest BCUT2D eigenvalue weighted by atomic mass is 9.90. The topological polar surface area (TPSA) is 48.1 Å². The van der Waals surface area contributed by atoms with E-state index in [0.717, 1.165) is 24.2 Å². The van der Waals surface area contributed by atoms with Gasteiger partial charge in [0.1, 0.15) is 5.75 Å². The van der Waals surface area contributed by atoms with E-state index in [9.17, 15) is 0 Å². The summed E-state index contributed by atoms with van der Waals surface area (Å²) in [5.41, 5.74) is 7.33. The van der Waals surface area contributed by atoms with Crippen molar-refractivity contribution in [3.8, 4) is 5.75 Å². The number of nitrogens with zero attached hydrogens (tertiary/aromatic N) is 1. The first-order chi connectivity index (χ1) is 8.08. The highest BCUT2D eigenvalue weighted by molar-refractivity contribution is 5.26. The van der Waals surface area contributed by atoms with Gasteiger partial charge in [0.2, 0.25) is 0 Å². The van der Waals surface area contributed by atoms with Gasteiger partial charge in [-0.25, -0.2) is 0 Å². The summed E-state index contributed by atoms with van der Waals surface area (Å²) in [7, 11) is 0. The first-order valence-electron chi connectivity index (χ1n) is 6.45. The summed E-state index contributed by atoms with van der Waals surface area (Å²) >= 11 is 0. The maximum atomic E-state index is 6.26. The van der Waals surface area contributed by atoms with Gasteiger partial charge in [-0.2, -0.15) is 0 Å². The van der Waals surface area contributed by atoms with Gasteiger partial charge in [0.05, 0.1) is 12.3 Å². The summed E-state index contributed by atoms with van der Waals surface area (Å²) < 4.78 is 5.63. The molecule has 17 heavy (non-hydrogen) atoms. The van der Waals surface area contributed by atoms with Crippen LogP contribution in [0.25, 0.3) is 0 Å². The molecule has 0 aliphatic rings. The third-order valence-electron chi connectivity index (χ3n) is 3.05. The molecule has 3 nitrogen and oxygen atoms in total. The molecule has 0 aromatic carbocycles. The van der Waals surface area contributed by atoms with Crippen LogP contribution in [0.5, 0.6) is 5.75 Å². The first-order valence-corrected chi connectivity index (χ1v) is 6.45. The SMILES string of the molecule is CCC(CC)C(N)c1cncc(OC(C)C)c1. The highest BCUT2D eigenvalue weighted by Gasteiger charge is 2.16. The van der Waals surface area contributed by atoms with E-state index in [4.69, 9.17) is 10.5 Å². The Labute approximate surface area is 104 Å². The lowest BCUT2D eigenvalue weighted by molar-refractivity contribution is 0.241. The Bertz CT molecular complexity index is 335. The Hall–Kier alpha value is -1.09. The van der Waals surface area contributed by atoms with Gasteiger partial charge < -0.3 is 10.5 Å². The molecule has 1 atom stereocenters. The predicted octanol–water partition coefficient (Wildman–Crippen LogP) is 3.30. The average molecular weight is 236 g/mol. The second kappa shape index (κ2) is 6.60. The fourth-order valence-corrected chi connectivity index (χ4v) is 2.02. The Balaban J connectivity index is 2.83. The van der Waals surface area contributed by atoms with Crippen LogP contribution < -0.4 is 10.5 Å². The van der Waals surface area contributed by atoms with Gasteiger partial charge in [-0.05, 0) is 31.4 Å². The molecule has 96 valence electrons. The summed E-state index contributed by atoms with van der Waals surface area (Å²) in [6.45, 7) is 8.37. The van der Waals surface area contributed by atoms with Crippen LogP contribution in [0.4, 0.5) is 0 Å². The van der Waals surface area contributed by atoms with Crippen LogP contribution in [0.2, 0.25) is 0 Å². The van der Waals surface area contributed by atoms with Crippen LogP contribution in [0, 0.1) is 5.92 Å². The number of ether oxygens (including phenoxy) is 1. The summed E-state index contributed by atoms with van der Waals surface area (Å²) in [6, 6.07) is 2.06. The molecule has 1 aromatic rings. The van der Waals surface area contributed by atoms with Gasteiger partial charge in [-0.15, -0.1) is 0 Å². The molecular weight excluding hydrogens is 212 g/mol. The van der Waals surface area contributed by atoms with Crippen LogP contribution >= 0.6 is 0 Å². The molecule has 1 unspecified atom stereocenters. The standard InChI is InChI=1S/C14H24N2O/c1-5-11(6-2)14(15)12-7-13(9-16-8-12)17-10(3)4/h7-11,14H,5-6,15H2,1-4H3. The fourth-order valence-electron chi connectivity index (χ4n) is 2.02. The largest absolute Gasteiger partial charge is 0.489 e. The third-order valence-corrected chi connectivity index (χ3v) is 3.05. The molecular formula is C14H24N2O. The zero-order chi connectivity index (χ0) is 12.8. The Morgan fingerprint density at radius 1 is 1.24 bits per heavy atom. The van der Waals surface area contributed by atoms with E-state index in [1.807, 2.05) is 26.1 Å². The highest BCUT2D eigenvalue weighted by Crippen LogP contribution is 2.26. The quantitative estimate of drug-likeness (QED) is 0.824. The highest BCUT2D eigenvalue weighted by atomic mass is 16.5. The number of aromatic nitrogens is 1. The van der Waals surface area contributed by atoms with Crippen molar-refractivity contribution in [2.24, 2.45) is 11.7 Å². The lowest BCUT2D eigenvalue weighted by Gasteiger charge is -2.21. The molecule has 3 heteroatoms. The van der Waals surface area contributed by atoms with E-state index in [-0.39, 0.29) is 12.1 Å². The van der Waals surface area contributed by atoms with E-state index in [2.05, 4.69) is 18.8 Å². The molecule has 0 aliphatic carbocycles. The van der Waals surface area contributed by atoms with E-state index in [1.165, 1.54) is 0 Å². The average Bonchev–Trinajstić information content (AvgIpc) is 2.30. The number of nitrogens with two attached hydrogens (primary N) is 1. The monoisotopic (exact) mass is 236 g/mol. The molecule has 0 radical (unpaired) electrons. The smallest absolute Gasteiger partial charge is 0.138 e. The second-order valence-electron chi connectivity index (χ2n) is 4.72. The zero-order valence-corrected chi connectivity index (χ0v) is 11.3. The predicted molar refractivity (Wildman–Crippen MR) is 71.0 cm³/mol. The molecule has 0 amide bonds. The van der Waals surface area contributed by atoms with Crippen molar-refractivity contribution in [3.63, 3.8) is 0 Å². The normalized spacial score (nSPS) is 13.1. The van der Waals surface area contributed by atoms with Crippen molar-refractivity contribution in [1.82, 2.24) is 4.98 Å². The number of hydrogen-bond acceptors (Lipinski definition) is 3. The Kier molecular flexibility index (Phi) is 5.42. The second-order valence-corrected chi connectivity index (χ2v) is 4.72. The molecule has 1 aromatic heterocycles. The van der Waals surface area contributed by atoms with Crippen LogP contribution in [0.1, 0.15) is 52.1 Å². The summed E-state index contributed by atoms with van der Waals surface area (Å²) in [5, 5.41) is 0. The maximum absolute atomic E-state index is 6.26. The van der Waals surface area contributed by atoms with Gasteiger partial charge in [0.25, 0.3) is 0 Å². The molecule has 2 N–H and O–H groups in total. The minimum atomic E-state index is 0.0493. The van der Waals surface area contributed by atoms with Crippen molar-refractivity contribution in [2.75, 3.05) is 0 Å². The van der Waals surface area contributed by atoms with Gasteiger partial charge in [-0.3, -0.25) is 4.98 Å². The molecule has 0 fully saturated rings. The fraction of sp³-hybridized carbons (Fsp3) is 0.643. The van der Waals surface area contributed by atoms with Crippen LogP contribution in [0.15, 0.2) is 18.5 Å². The van der Waals surface area contributed by atoms with Gasteiger partial charge >= 0.3 is 0 Å². The first kappa shape index (κ1) is 14.0. The van der Waals surface area contributed by atoms with Gasteiger partial charge in [-0.1, -0.05) is 26.7 Å². The molecule has 0 spiro atoms. The molecule has 0 bridgehead atoms. The van der Waals surface area contributed by atoms with Crippen molar-refractivity contribution in [1.29, 1.82) is 0 Å². The van der Waals surface area contributed by atoms with Crippen LogP contribution in [-0.4, -0.2) is 11.1 Å². The summed E-state index contributed by atoms with van der Waals surface area (Å²) in [6.07, 6.45) is 5.93. The van der Waals surface area contributed by atoms with Crippen molar-refractivity contribution < 1.29 is 4.74 Å². The number of rotatable bonds is 6. The van der Waals surface area contributed by atoms with E-state index < -0.39 is 0 Å². The third kappa shape index (κ3) is 4.00. The molecule has 0 aliphatic heterocycles. The Morgan fingerprint density at radius 3 is 2.41 bits per heavy atom. The van der Waals surface area contributed by atoms with Crippen molar-refractivity contribution >= 4 is 0 Å². The minimum absolute atomic E-state index is 0.0493. The molecule has 0 saturated carbocycles. The van der Waals surface area contributed by atoms with Crippen LogP contribution in [-0.2, 0) is 0 Å². The van der Waals surface area contributed by atoms with Gasteiger partial charge in [0.15, 0.2) is 0 Å². The van der Waals surface area contributed by atoms with Crippen molar-refractivity contribution in [2.45, 2.75) is 52.7 Å². The van der Waals surface area contributed by atoms with E-state index >= 15 is 0 Å². The molecule has 0 saturated heterocycles. The van der Waals surface area contributed by atoms with Gasteiger partial charge in [0, 0.05) is 12.2 Å². The zero-order valence-electron chi connectivity index (χ0n) is 11.3. The molecule has 1 heterocycles. The lowest BCUT2D eigenvalue weighted by Crippen LogP contribution is -2.20. The Morgan fingerprint density at radius 2 is 1.88 bits per heavy atom. The summed E-state index contributed by atoms with van der Waals surface area (Å²) in [4.78, 5) is 4.20. The molecule has 1 rings (SSSR count).